The minimum Gasteiger partial charge on any atom is -0.479 e. The van der Waals surface area contributed by atoms with Crippen LogP contribution in [0.4, 0.5) is 0 Å². The molecular formula is C19H21ClO3. The first kappa shape index (κ1) is 17.4. The lowest BCUT2D eigenvalue weighted by atomic mass is 10.1. The zero-order valence-electron chi connectivity index (χ0n) is 13.6. The third-order valence-corrected chi connectivity index (χ3v) is 3.49. The molecule has 4 heteroatoms. The van der Waals surface area contributed by atoms with Crippen LogP contribution in [0.15, 0.2) is 48.5 Å². The van der Waals surface area contributed by atoms with Crippen LogP contribution in [0.25, 0.3) is 0 Å². The second kappa shape index (κ2) is 8.02. The van der Waals surface area contributed by atoms with Crippen molar-refractivity contribution >= 4 is 17.6 Å². The molecular weight excluding hydrogens is 312 g/mol. The molecule has 0 bridgehead atoms. The predicted molar refractivity (Wildman–Crippen MR) is 92.0 cm³/mol. The van der Waals surface area contributed by atoms with Crippen molar-refractivity contribution in [2.24, 2.45) is 0 Å². The smallest absolute Gasteiger partial charge is 0.347 e. The lowest BCUT2D eigenvalue weighted by Crippen LogP contribution is -2.28. The highest BCUT2D eigenvalue weighted by atomic mass is 35.5. The van der Waals surface area contributed by atoms with Gasteiger partial charge in [0.05, 0.1) is 6.10 Å². The van der Waals surface area contributed by atoms with E-state index in [1.54, 1.807) is 6.92 Å². The maximum atomic E-state index is 11.7. The van der Waals surface area contributed by atoms with Gasteiger partial charge in [-0.1, -0.05) is 35.9 Å². The van der Waals surface area contributed by atoms with E-state index < -0.39 is 6.10 Å². The summed E-state index contributed by atoms with van der Waals surface area (Å²) in [6.45, 7) is 5.32. The Hall–Kier alpha value is -2.00. The van der Waals surface area contributed by atoms with E-state index in [2.05, 4.69) is 0 Å². The van der Waals surface area contributed by atoms with Crippen molar-refractivity contribution in [1.29, 1.82) is 0 Å². The lowest BCUT2D eigenvalue weighted by Gasteiger charge is -2.16. The molecule has 0 saturated carbocycles. The summed E-state index contributed by atoms with van der Waals surface area (Å²) in [5.41, 5.74) is 2.36. The molecule has 122 valence electrons. The van der Waals surface area contributed by atoms with Gasteiger partial charge in [0.1, 0.15) is 5.75 Å². The number of rotatable bonds is 6. The molecule has 0 heterocycles. The van der Waals surface area contributed by atoms with Gasteiger partial charge in [-0.3, -0.25) is 0 Å². The van der Waals surface area contributed by atoms with Gasteiger partial charge >= 0.3 is 5.97 Å². The summed E-state index contributed by atoms with van der Waals surface area (Å²) >= 11 is 5.89. The fourth-order valence-corrected chi connectivity index (χ4v) is 2.23. The number of ether oxygens (including phenoxy) is 2. The second-order valence-electron chi connectivity index (χ2n) is 5.69. The molecule has 0 aliphatic carbocycles. The number of hydrogen-bond acceptors (Lipinski definition) is 3. The summed E-state index contributed by atoms with van der Waals surface area (Å²) in [5.74, 6) is 0.295. The standard InChI is InChI=1S/C19H21ClO3/c1-13(2)22-19(21)14(3)23-18-10-6-16(7-11-18)12-15-4-8-17(20)9-5-15/h4-11,13-14H,12H2,1-3H3. The van der Waals surface area contributed by atoms with Crippen molar-refractivity contribution in [3.8, 4) is 5.75 Å². The Bertz CT molecular complexity index is 633. The molecule has 0 radical (unpaired) electrons. The lowest BCUT2D eigenvalue weighted by molar-refractivity contribution is -0.154. The average molecular weight is 333 g/mol. The van der Waals surface area contributed by atoms with Crippen LogP contribution in [0.3, 0.4) is 0 Å². The first-order valence-electron chi connectivity index (χ1n) is 7.64. The van der Waals surface area contributed by atoms with Gasteiger partial charge in [0.15, 0.2) is 6.10 Å². The van der Waals surface area contributed by atoms with E-state index in [1.807, 2.05) is 62.4 Å². The Morgan fingerprint density at radius 3 is 2.00 bits per heavy atom. The fraction of sp³-hybridized carbons (Fsp3) is 0.316. The SMILES string of the molecule is CC(C)OC(=O)C(C)Oc1ccc(Cc2ccc(Cl)cc2)cc1. The molecule has 2 aromatic carbocycles. The van der Waals surface area contributed by atoms with Crippen LogP contribution < -0.4 is 4.74 Å². The molecule has 2 aromatic rings. The van der Waals surface area contributed by atoms with Crippen molar-refractivity contribution in [2.75, 3.05) is 0 Å². The maximum absolute atomic E-state index is 11.7. The average Bonchev–Trinajstić information content (AvgIpc) is 2.51. The molecule has 1 atom stereocenters. The fourth-order valence-electron chi connectivity index (χ4n) is 2.10. The topological polar surface area (TPSA) is 35.5 Å². The molecule has 0 amide bonds. The van der Waals surface area contributed by atoms with Gasteiger partial charge in [0.25, 0.3) is 0 Å². The van der Waals surface area contributed by atoms with E-state index >= 15 is 0 Å². The third kappa shape index (κ3) is 5.61. The first-order chi connectivity index (χ1) is 10.9. The Morgan fingerprint density at radius 1 is 0.957 bits per heavy atom. The molecule has 2 rings (SSSR count). The predicted octanol–water partition coefficient (Wildman–Crippen LogP) is 4.65. The summed E-state index contributed by atoms with van der Waals surface area (Å²) < 4.78 is 10.7. The second-order valence-corrected chi connectivity index (χ2v) is 6.13. The van der Waals surface area contributed by atoms with Gasteiger partial charge in [-0.2, -0.15) is 0 Å². The number of halogens is 1. The normalized spacial score (nSPS) is 12.0. The summed E-state index contributed by atoms with van der Waals surface area (Å²) in [6.07, 6.45) is 0.0531. The molecule has 0 spiro atoms. The largest absolute Gasteiger partial charge is 0.479 e. The first-order valence-corrected chi connectivity index (χ1v) is 8.02. The van der Waals surface area contributed by atoms with Gasteiger partial charge < -0.3 is 9.47 Å². The van der Waals surface area contributed by atoms with Crippen molar-refractivity contribution in [3.63, 3.8) is 0 Å². The van der Waals surface area contributed by atoms with Crippen LogP contribution >= 0.6 is 11.6 Å². The number of esters is 1. The number of carbonyl (C=O) groups excluding carboxylic acids is 1. The Morgan fingerprint density at radius 2 is 1.48 bits per heavy atom. The van der Waals surface area contributed by atoms with Gasteiger partial charge in [-0.25, -0.2) is 4.79 Å². The van der Waals surface area contributed by atoms with Crippen LogP contribution in [-0.4, -0.2) is 18.2 Å². The molecule has 0 fully saturated rings. The summed E-state index contributed by atoms with van der Waals surface area (Å²) in [5, 5.41) is 0.736. The zero-order chi connectivity index (χ0) is 16.8. The van der Waals surface area contributed by atoms with Gasteiger partial charge in [-0.05, 0) is 62.6 Å². The van der Waals surface area contributed by atoms with Crippen LogP contribution in [0.1, 0.15) is 31.9 Å². The minimum absolute atomic E-state index is 0.143. The van der Waals surface area contributed by atoms with E-state index in [4.69, 9.17) is 21.1 Å². The molecule has 1 unspecified atom stereocenters. The molecule has 23 heavy (non-hydrogen) atoms. The number of benzene rings is 2. The van der Waals surface area contributed by atoms with E-state index in [0.29, 0.717) is 5.75 Å². The van der Waals surface area contributed by atoms with Crippen molar-refractivity contribution < 1.29 is 14.3 Å². The molecule has 0 aliphatic rings. The van der Waals surface area contributed by atoms with E-state index in [0.717, 1.165) is 17.0 Å². The monoisotopic (exact) mass is 332 g/mol. The summed E-state index contributed by atoms with van der Waals surface area (Å²) in [6, 6.07) is 15.5. The van der Waals surface area contributed by atoms with E-state index in [1.165, 1.54) is 5.56 Å². The van der Waals surface area contributed by atoms with E-state index in [9.17, 15) is 4.79 Å². The van der Waals surface area contributed by atoms with Crippen molar-refractivity contribution in [1.82, 2.24) is 0 Å². The van der Waals surface area contributed by atoms with Crippen molar-refractivity contribution in [2.45, 2.75) is 39.4 Å². The van der Waals surface area contributed by atoms with Gasteiger partial charge in [0, 0.05) is 5.02 Å². The van der Waals surface area contributed by atoms with Crippen LogP contribution in [0.5, 0.6) is 5.75 Å². The highest BCUT2D eigenvalue weighted by Crippen LogP contribution is 2.18. The van der Waals surface area contributed by atoms with E-state index in [-0.39, 0.29) is 12.1 Å². The summed E-state index contributed by atoms with van der Waals surface area (Å²) in [4.78, 5) is 11.7. The molecule has 0 saturated heterocycles. The zero-order valence-corrected chi connectivity index (χ0v) is 14.3. The van der Waals surface area contributed by atoms with Crippen LogP contribution in [-0.2, 0) is 16.0 Å². The Balaban J connectivity index is 1.94. The number of carbonyl (C=O) groups is 1. The van der Waals surface area contributed by atoms with Crippen LogP contribution in [0, 0.1) is 0 Å². The quantitative estimate of drug-likeness (QED) is 0.722. The molecule has 0 N–H and O–H groups in total. The maximum Gasteiger partial charge on any atom is 0.347 e. The van der Waals surface area contributed by atoms with Crippen molar-refractivity contribution in [3.05, 3.63) is 64.7 Å². The molecule has 0 aliphatic heterocycles. The van der Waals surface area contributed by atoms with Gasteiger partial charge in [-0.15, -0.1) is 0 Å². The minimum atomic E-state index is -0.625. The highest BCUT2D eigenvalue weighted by molar-refractivity contribution is 6.30. The van der Waals surface area contributed by atoms with Gasteiger partial charge in [0.2, 0.25) is 0 Å². The Labute approximate surface area is 142 Å². The molecule has 3 nitrogen and oxygen atoms in total. The summed E-state index contributed by atoms with van der Waals surface area (Å²) in [7, 11) is 0. The molecule has 0 aromatic heterocycles. The van der Waals surface area contributed by atoms with Crippen LogP contribution in [0.2, 0.25) is 5.02 Å². The third-order valence-electron chi connectivity index (χ3n) is 3.24. The number of hydrogen-bond donors (Lipinski definition) is 0. The highest BCUT2D eigenvalue weighted by Gasteiger charge is 2.17. The Kier molecular flexibility index (Phi) is 6.05.